The summed E-state index contributed by atoms with van der Waals surface area (Å²) in [6.07, 6.45) is 3.58. The Hall–Kier alpha value is -1.89. The van der Waals surface area contributed by atoms with Gasteiger partial charge in [-0.15, -0.1) is 0 Å². The van der Waals surface area contributed by atoms with E-state index in [1.165, 1.54) is 9.80 Å². The Morgan fingerprint density at radius 3 is 2.81 bits per heavy atom. The minimum absolute atomic E-state index is 0.118. The lowest BCUT2D eigenvalue weighted by Crippen LogP contribution is -2.35. The number of hydrogen-bond donors (Lipinski definition) is 0. The number of carbonyl (C=O) groups excluding carboxylic acids is 2. The molecule has 0 saturated carbocycles. The van der Waals surface area contributed by atoms with Crippen LogP contribution in [0.1, 0.15) is 19.7 Å². The summed E-state index contributed by atoms with van der Waals surface area (Å²) in [7, 11) is 1.57. The zero-order valence-electron chi connectivity index (χ0n) is 12.8. The standard InChI is InChI=1S/C14H22N4O3/c1-11(2)8-16-5-4-15-12(16)9-18-13(19)10-17(14(18)20)6-7-21-3/h4-5,11H,6-10H2,1-3H3. The molecule has 2 rings (SSSR count). The van der Waals surface area contributed by atoms with E-state index in [0.29, 0.717) is 19.1 Å². The number of urea groups is 1. The predicted octanol–water partition coefficient (Wildman–Crippen LogP) is 0.950. The first-order valence-corrected chi connectivity index (χ1v) is 7.11. The van der Waals surface area contributed by atoms with Crippen LogP contribution in [0.15, 0.2) is 12.4 Å². The zero-order chi connectivity index (χ0) is 15.4. The molecule has 1 aliphatic heterocycles. The van der Waals surface area contributed by atoms with Gasteiger partial charge >= 0.3 is 6.03 Å². The third-order valence-corrected chi connectivity index (χ3v) is 3.36. The molecule has 7 heteroatoms. The van der Waals surface area contributed by atoms with Gasteiger partial charge in [0.1, 0.15) is 12.4 Å². The van der Waals surface area contributed by atoms with Crippen LogP contribution in [0.25, 0.3) is 0 Å². The minimum Gasteiger partial charge on any atom is -0.383 e. The summed E-state index contributed by atoms with van der Waals surface area (Å²) in [5.74, 6) is 1.02. The van der Waals surface area contributed by atoms with Crippen LogP contribution in [0.4, 0.5) is 4.79 Å². The second-order valence-electron chi connectivity index (χ2n) is 5.57. The highest BCUT2D eigenvalue weighted by molar-refractivity contribution is 6.01. The smallest absolute Gasteiger partial charge is 0.327 e. The first kappa shape index (κ1) is 15.5. The molecule has 0 N–H and O–H groups in total. The van der Waals surface area contributed by atoms with Crippen LogP contribution in [0.3, 0.4) is 0 Å². The number of amides is 3. The topological polar surface area (TPSA) is 67.7 Å². The average Bonchev–Trinajstić information content (AvgIpc) is 2.95. The Balaban J connectivity index is 2.04. The third-order valence-electron chi connectivity index (χ3n) is 3.36. The minimum atomic E-state index is -0.267. The van der Waals surface area contributed by atoms with Crippen LogP contribution in [-0.4, -0.2) is 58.1 Å². The molecular weight excluding hydrogens is 272 g/mol. The van der Waals surface area contributed by atoms with Crippen molar-refractivity contribution in [1.82, 2.24) is 19.4 Å². The summed E-state index contributed by atoms with van der Waals surface area (Å²) in [6, 6.07) is -0.267. The molecule has 116 valence electrons. The zero-order valence-corrected chi connectivity index (χ0v) is 12.8. The van der Waals surface area contributed by atoms with Crippen molar-refractivity contribution in [2.45, 2.75) is 26.9 Å². The lowest BCUT2D eigenvalue weighted by Gasteiger charge is -2.17. The van der Waals surface area contributed by atoms with Crippen LogP contribution in [0.5, 0.6) is 0 Å². The van der Waals surface area contributed by atoms with E-state index < -0.39 is 0 Å². The number of aromatic nitrogens is 2. The molecule has 3 amide bonds. The molecule has 2 heterocycles. The Bertz CT molecular complexity index is 512. The fourth-order valence-corrected chi connectivity index (χ4v) is 2.32. The van der Waals surface area contributed by atoms with Crippen molar-refractivity contribution in [3.8, 4) is 0 Å². The average molecular weight is 294 g/mol. The van der Waals surface area contributed by atoms with Crippen LogP contribution in [0.2, 0.25) is 0 Å². The SMILES string of the molecule is COCCN1CC(=O)N(Cc2nccn2CC(C)C)C1=O. The summed E-state index contributed by atoms with van der Waals surface area (Å²) in [4.78, 5) is 31.2. The maximum Gasteiger partial charge on any atom is 0.327 e. The summed E-state index contributed by atoms with van der Waals surface area (Å²) in [5, 5.41) is 0. The Kier molecular flexibility index (Phi) is 4.95. The molecule has 21 heavy (non-hydrogen) atoms. The van der Waals surface area contributed by atoms with Crippen molar-refractivity contribution >= 4 is 11.9 Å². The van der Waals surface area contributed by atoms with Crippen molar-refractivity contribution < 1.29 is 14.3 Å². The Morgan fingerprint density at radius 1 is 1.38 bits per heavy atom. The summed E-state index contributed by atoms with van der Waals surface area (Å²) < 4.78 is 6.94. The number of ether oxygens (including phenoxy) is 1. The lowest BCUT2D eigenvalue weighted by atomic mass is 10.2. The highest BCUT2D eigenvalue weighted by atomic mass is 16.5. The fourth-order valence-electron chi connectivity index (χ4n) is 2.32. The van der Waals surface area contributed by atoms with Gasteiger partial charge in [0.25, 0.3) is 5.91 Å². The molecule has 1 saturated heterocycles. The van der Waals surface area contributed by atoms with Gasteiger partial charge in [-0.3, -0.25) is 9.69 Å². The van der Waals surface area contributed by atoms with E-state index >= 15 is 0 Å². The molecule has 0 bridgehead atoms. The summed E-state index contributed by atoms with van der Waals surface area (Å²) >= 11 is 0. The maximum absolute atomic E-state index is 12.2. The molecule has 1 aromatic rings. The summed E-state index contributed by atoms with van der Waals surface area (Å²) in [6.45, 7) is 6.24. The Morgan fingerprint density at radius 2 is 2.14 bits per heavy atom. The van der Waals surface area contributed by atoms with Gasteiger partial charge in [-0.2, -0.15) is 0 Å². The van der Waals surface area contributed by atoms with Gasteiger partial charge in [-0.1, -0.05) is 13.8 Å². The van der Waals surface area contributed by atoms with E-state index in [-0.39, 0.29) is 25.0 Å². The first-order valence-electron chi connectivity index (χ1n) is 7.11. The van der Waals surface area contributed by atoms with Gasteiger partial charge in [-0.05, 0) is 5.92 Å². The van der Waals surface area contributed by atoms with Crippen molar-refractivity contribution in [3.05, 3.63) is 18.2 Å². The maximum atomic E-state index is 12.2. The number of imide groups is 1. The van der Waals surface area contributed by atoms with Gasteiger partial charge in [0, 0.05) is 32.6 Å². The van der Waals surface area contributed by atoms with Gasteiger partial charge in [0.15, 0.2) is 0 Å². The van der Waals surface area contributed by atoms with Crippen molar-refractivity contribution in [2.24, 2.45) is 5.92 Å². The second kappa shape index (κ2) is 6.71. The van der Waals surface area contributed by atoms with Gasteiger partial charge < -0.3 is 14.2 Å². The van der Waals surface area contributed by atoms with Crippen molar-refractivity contribution in [3.63, 3.8) is 0 Å². The van der Waals surface area contributed by atoms with Gasteiger partial charge in [-0.25, -0.2) is 9.78 Å². The number of rotatable bonds is 7. The van der Waals surface area contributed by atoms with Crippen molar-refractivity contribution in [1.29, 1.82) is 0 Å². The molecule has 0 aliphatic carbocycles. The van der Waals surface area contributed by atoms with Crippen LogP contribution in [0, 0.1) is 5.92 Å². The van der Waals surface area contributed by atoms with Crippen LogP contribution in [-0.2, 0) is 22.6 Å². The fraction of sp³-hybridized carbons (Fsp3) is 0.643. The number of nitrogens with zero attached hydrogens (tertiary/aromatic N) is 4. The Labute approximate surface area is 124 Å². The van der Waals surface area contributed by atoms with Crippen molar-refractivity contribution in [2.75, 3.05) is 26.8 Å². The molecule has 7 nitrogen and oxygen atoms in total. The molecular formula is C14H22N4O3. The quantitative estimate of drug-likeness (QED) is 0.702. The third kappa shape index (κ3) is 3.60. The van der Waals surface area contributed by atoms with Crippen LogP contribution >= 0.6 is 0 Å². The van der Waals surface area contributed by atoms with Gasteiger partial charge in [0.2, 0.25) is 0 Å². The van der Waals surface area contributed by atoms with E-state index in [4.69, 9.17) is 4.74 Å². The number of hydrogen-bond acceptors (Lipinski definition) is 4. The summed E-state index contributed by atoms with van der Waals surface area (Å²) in [5.41, 5.74) is 0. The molecule has 0 aromatic carbocycles. The molecule has 0 unspecified atom stereocenters. The van der Waals surface area contributed by atoms with E-state index in [0.717, 1.165) is 12.4 Å². The molecule has 1 aromatic heterocycles. The second-order valence-corrected chi connectivity index (χ2v) is 5.57. The number of methoxy groups -OCH3 is 1. The molecule has 1 aliphatic rings. The predicted molar refractivity (Wildman–Crippen MR) is 76.5 cm³/mol. The van der Waals surface area contributed by atoms with E-state index in [2.05, 4.69) is 18.8 Å². The first-order chi connectivity index (χ1) is 10.0. The molecule has 0 spiro atoms. The molecule has 0 radical (unpaired) electrons. The molecule has 0 atom stereocenters. The number of imidazole rings is 1. The largest absolute Gasteiger partial charge is 0.383 e. The lowest BCUT2D eigenvalue weighted by molar-refractivity contribution is -0.125. The van der Waals surface area contributed by atoms with E-state index in [1.807, 2.05) is 10.8 Å². The molecule has 1 fully saturated rings. The highest BCUT2D eigenvalue weighted by Crippen LogP contribution is 2.14. The van der Waals surface area contributed by atoms with E-state index in [9.17, 15) is 9.59 Å². The normalized spacial score (nSPS) is 15.6. The van der Waals surface area contributed by atoms with E-state index in [1.54, 1.807) is 13.3 Å². The van der Waals surface area contributed by atoms with Crippen LogP contribution < -0.4 is 0 Å². The number of carbonyl (C=O) groups is 2. The van der Waals surface area contributed by atoms with Gasteiger partial charge in [0.05, 0.1) is 13.2 Å². The highest BCUT2D eigenvalue weighted by Gasteiger charge is 2.36. The monoisotopic (exact) mass is 294 g/mol.